The highest BCUT2D eigenvalue weighted by Crippen LogP contribution is 2.25. The summed E-state index contributed by atoms with van der Waals surface area (Å²) in [6.07, 6.45) is 1.54. The largest absolute Gasteiger partial charge is 0.399 e. The van der Waals surface area contributed by atoms with E-state index in [4.69, 9.17) is 5.73 Å². The van der Waals surface area contributed by atoms with Gasteiger partial charge in [-0.25, -0.2) is 13.1 Å². The van der Waals surface area contributed by atoms with Crippen molar-refractivity contribution in [1.29, 1.82) is 0 Å². The zero-order valence-corrected chi connectivity index (χ0v) is 12.6. The Labute approximate surface area is 120 Å². The van der Waals surface area contributed by atoms with Crippen LogP contribution in [0.15, 0.2) is 41.3 Å². The summed E-state index contributed by atoms with van der Waals surface area (Å²) in [4.78, 5) is 0.307. The van der Waals surface area contributed by atoms with Gasteiger partial charge in [0.25, 0.3) is 0 Å². The van der Waals surface area contributed by atoms with E-state index in [2.05, 4.69) is 4.72 Å². The fraction of sp³-hybridized carbons (Fsp3) is 0.333. The number of fused-ring (bicyclic) bond motifs is 1. The first kappa shape index (κ1) is 14.8. The van der Waals surface area contributed by atoms with Gasteiger partial charge < -0.3 is 5.73 Å². The molecule has 5 heteroatoms. The van der Waals surface area contributed by atoms with Crippen molar-refractivity contribution in [2.75, 3.05) is 5.73 Å². The van der Waals surface area contributed by atoms with E-state index in [1.807, 2.05) is 19.9 Å². The third-order valence-corrected chi connectivity index (χ3v) is 5.04. The quantitative estimate of drug-likeness (QED) is 0.832. The van der Waals surface area contributed by atoms with Crippen LogP contribution in [0.2, 0.25) is 0 Å². The van der Waals surface area contributed by atoms with Gasteiger partial charge in [-0.1, -0.05) is 32.0 Å². The molecule has 108 valence electrons. The van der Waals surface area contributed by atoms with Crippen LogP contribution in [0.5, 0.6) is 0 Å². The van der Waals surface area contributed by atoms with Crippen LogP contribution in [-0.4, -0.2) is 14.5 Å². The Morgan fingerprint density at radius 3 is 2.50 bits per heavy atom. The zero-order chi connectivity index (χ0) is 14.8. The van der Waals surface area contributed by atoms with Gasteiger partial charge in [-0.3, -0.25) is 0 Å². The van der Waals surface area contributed by atoms with Crippen molar-refractivity contribution in [3.63, 3.8) is 0 Å². The van der Waals surface area contributed by atoms with Crippen molar-refractivity contribution in [2.45, 2.75) is 37.6 Å². The third kappa shape index (κ3) is 2.94. The Hall–Kier alpha value is -1.59. The van der Waals surface area contributed by atoms with Gasteiger partial charge in [-0.15, -0.1) is 0 Å². The van der Waals surface area contributed by atoms with Crippen LogP contribution in [-0.2, 0) is 10.0 Å². The van der Waals surface area contributed by atoms with Crippen LogP contribution in [0.25, 0.3) is 10.8 Å². The smallest absolute Gasteiger partial charge is 0.241 e. The lowest BCUT2D eigenvalue weighted by atomic mass is 10.1. The minimum absolute atomic E-state index is 0.0379. The highest BCUT2D eigenvalue weighted by Gasteiger charge is 2.20. The molecule has 0 heterocycles. The SMILES string of the molecule is CCC(CC)NS(=O)(=O)c1cccc2cc(N)ccc12. The van der Waals surface area contributed by atoms with Crippen molar-refractivity contribution in [2.24, 2.45) is 0 Å². The number of benzene rings is 2. The maximum Gasteiger partial charge on any atom is 0.241 e. The molecule has 4 nitrogen and oxygen atoms in total. The average molecular weight is 292 g/mol. The van der Waals surface area contributed by atoms with Crippen molar-refractivity contribution in [3.05, 3.63) is 36.4 Å². The Bertz CT molecular complexity index is 707. The fourth-order valence-electron chi connectivity index (χ4n) is 2.25. The highest BCUT2D eigenvalue weighted by molar-refractivity contribution is 7.89. The van der Waals surface area contributed by atoms with Crippen LogP contribution < -0.4 is 10.5 Å². The standard InChI is InChI=1S/C15H20N2O2S/c1-3-13(4-2)17-20(18,19)15-7-5-6-11-10-12(16)8-9-14(11)15/h5-10,13,17H,3-4,16H2,1-2H3. The van der Waals surface area contributed by atoms with Gasteiger partial charge in [0.15, 0.2) is 0 Å². The summed E-state index contributed by atoms with van der Waals surface area (Å²) in [5, 5.41) is 1.53. The Balaban J connectivity index is 2.52. The molecule has 2 aromatic rings. The summed E-state index contributed by atoms with van der Waals surface area (Å²) in [6.45, 7) is 3.95. The summed E-state index contributed by atoms with van der Waals surface area (Å²) < 4.78 is 27.8. The topological polar surface area (TPSA) is 72.2 Å². The van der Waals surface area contributed by atoms with Crippen molar-refractivity contribution in [1.82, 2.24) is 4.72 Å². The van der Waals surface area contributed by atoms with Gasteiger partial charge in [-0.2, -0.15) is 0 Å². The second-order valence-electron chi connectivity index (χ2n) is 4.87. The maximum absolute atomic E-state index is 12.5. The molecule has 0 fully saturated rings. The number of hydrogen-bond acceptors (Lipinski definition) is 3. The Kier molecular flexibility index (Phi) is 4.30. The lowest BCUT2D eigenvalue weighted by molar-refractivity contribution is 0.531. The van der Waals surface area contributed by atoms with Crippen LogP contribution in [0.1, 0.15) is 26.7 Å². The Morgan fingerprint density at radius 2 is 1.85 bits per heavy atom. The normalized spacial score (nSPS) is 12.2. The molecule has 0 saturated heterocycles. The van der Waals surface area contributed by atoms with Crippen molar-refractivity contribution < 1.29 is 8.42 Å². The molecule has 20 heavy (non-hydrogen) atoms. The third-order valence-electron chi connectivity index (χ3n) is 3.46. The lowest BCUT2D eigenvalue weighted by Gasteiger charge is -2.16. The van der Waals surface area contributed by atoms with E-state index in [9.17, 15) is 8.42 Å². The molecule has 0 aliphatic heterocycles. The van der Waals surface area contributed by atoms with Gasteiger partial charge in [0.05, 0.1) is 4.90 Å². The lowest BCUT2D eigenvalue weighted by Crippen LogP contribution is -2.33. The predicted octanol–water partition coefficient (Wildman–Crippen LogP) is 2.89. The molecule has 0 bridgehead atoms. The fourth-order valence-corrected chi connectivity index (χ4v) is 3.88. The second-order valence-corrected chi connectivity index (χ2v) is 6.55. The first-order chi connectivity index (χ1) is 9.47. The number of nitrogens with two attached hydrogens (primary N) is 1. The molecule has 0 aromatic heterocycles. The van der Waals surface area contributed by atoms with Crippen molar-refractivity contribution >= 4 is 26.5 Å². The van der Waals surface area contributed by atoms with Gasteiger partial charge in [-0.05, 0) is 36.4 Å². The summed E-state index contributed by atoms with van der Waals surface area (Å²) >= 11 is 0. The van der Waals surface area contributed by atoms with E-state index in [1.165, 1.54) is 0 Å². The molecule has 0 atom stereocenters. The molecule has 2 aromatic carbocycles. The molecule has 0 aliphatic carbocycles. The molecular weight excluding hydrogens is 272 g/mol. The molecule has 0 aliphatic rings. The predicted molar refractivity (Wildman–Crippen MR) is 83.1 cm³/mol. The van der Waals surface area contributed by atoms with E-state index in [0.29, 0.717) is 16.0 Å². The van der Waals surface area contributed by atoms with E-state index >= 15 is 0 Å². The number of hydrogen-bond donors (Lipinski definition) is 2. The molecule has 0 amide bonds. The first-order valence-electron chi connectivity index (χ1n) is 6.78. The minimum Gasteiger partial charge on any atom is -0.399 e. The average Bonchev–Trinajstić information content (AvgIpc) is 2.43. The molecular formula is C15H20N2O2S. The molecule has 0 unspecified atom stereocenters. The molecule has 0 saturated carbocycles. The second kappa shape index (κ2) is 5.81. The molecule has 2 rings (SSSR count). The van der Waals surface area contributed by atoms with Gasteiger partial charge in [0, 0.05) is 17.1 Å². The van der Waals surface area contributed by atoms with E-state index < -0.39 is 10.0 Å². The number of nitrogen functional groups attached to an aromatic ring is 1. The maximum atomic E-state index is 12.5. The van der Waals surface area contributed by atoms with Gasteiger partial charge in [0.1, 0.15) is 0 Å². The van der Waals surface area contributed by atoms with Crippen LogP contribution in [0.3, 0.4) is 0 Å². The summed E-state index contributed by atoms with van der Waals surface area (Å²) in [6, 6.07) is 10.5. The molecule has 0 radical (unpaired) electrons. The van der Waals surface area contributed by atoms with Gasteiger partial charge in [0.2, 0.25) is 10.0 Å². The minimum atomic E-state index is -3.51. The number of nitrogens with one attached hydrogen (secondary N) is 1. The summed E-state index contributed by atoms with van der Waals surface area (Å²) in [5.41, 5.74) is 6.37. The monoisotopic (exact) mass is 292 g/mol. The van der Waals surface area contributed by atoms with E-state index in [1.54, 1.807) is 30.3 Å². The van der Waals surface area contributed by atoms with Crippen LogP contribution >= 0.6 is 0 Å². The number of sulfonamides is 1. The number of anilines is 1. The highest BCUT2D eigenvalue weighted by atomic mass is 32.2. The molecule has 0 spiro atoms. The zero-order valence-electron chi connectivity index (χ0n) is 11.8. The summed E-state index contributed by atoms with van der Waals surface area (Å²) in [5.74, 6) is 0. The van der Waals surface area contributed by atoms with Crippen molar-refractivity contribution in [3.8, 4) is 0 Å². The van der Waals surface area contributed by atoms with Crippen LogP contribution in [0.4, 0.5) is 5.69 Å². The van der Waals surface area contributed by atoms with E-state index in [-0.39, 0.29) is 6.04 Å². The van der Waals surface area contributed by atoms with Crippen LogP contribution in [0, 0.1) is 0 Å². The van der Waals surface area contributed by atoms with Gasteiger partial charge >= 0.3 is 0 Å². The Morgan fingerprint density at radius 1 is 1.15 bits per heavy atom. The first-order valence-corrected chi connectivity index (χ1v) is 8.26. The summed E-state index contributed by atoms with van der Waals surface area (Å²) in [7, 11) is -3.51. The number of rotatable bonds is 5. The van der Waals surface area contributed by atoms with E-state index in [0.717, 1.165) is 18.2 Å². The molecule has 3 N–H and O–H groups in total.